The average molecular weight is 228 g/mol. The van der Waals surface area contributed by atoms with E-state index in [0.29, 0.717) is 12.8 Å². The minimum Gasteiger partial charge on any atom is -0.382 e. The number of hydrogen-bond donors (Lipinski definition) is 1. The minimum atomic E-state index is -1.23. The van der Waals surface area contributed by atoms with Crippen molar-refractivity contribution in [3.63, 3.8) is 0 Å². The van der Waals surface area contributed by atoms with Gasteiger partial charge in [0.05, 0.1) is 17.1 Å². The molecule has 0 saturated carbocycles. The lowest BCUT2D eigenvalue weighted by Crippen LogP contribution is -2.45. The van der Waals surface area contributed by atoms with Crippen LogP contribution >= 0.6 is 0 Å². The lowest BCUT2D eigenvalue weighted by atomic mass is 9.77. The van der Waals surface area contributed by atoms with Crippen LogP contribution in [0.1, 0.15) is 54.4 Å². The summed E-state index contributed by atoms with van der Waals surface area (Å²) in [5.41, 5.74) is -2.00. The van der Waals surface area contributed by atoms with Gasteiger partial charge in [-0.15, -0.1) is 0 Å². The zero-order chi connectivity index (χ0) is 12.8. The van der Waals surface area contributed by atoms with Crippen molar-refractivity contribution in [3.8, 4) is 0 Å². The molecular weight excluding hydrogens is 204 g/mol. The molecule has 0 aliphatic carbocycles. The Hall–Kier alpha value is -0.410. The third kappa shape index (κ3) is 2.46. The highest BCUT2D eigenvalue weighted by Crippen LogP contribution is 2.44. The van der Waals surface area contributed by atoms with Gasteiger partial charge in [-0.25, -0.2) is 0 Å². The summed E-state index contributed by atoms with van der Waals surface area (Å²) in [6.45, 7) is 11.3. The van der Waals surface area contributed by atoms with Gasteiger partial charge in [0, 0.05) is 0 Å². The Labute approximate surface area is 98.2 Å². The largest absolute Gasteiger partial charge is 0.382 e. The van der Waals surface area contributed by atoms with Crippen LogP contribution in [0.25, 0.3) is 0 Å². The lowest BCUT2D eigenvalue weighted by Gasteiger charge is -2.30. The molecule has 0 aromatic heterocycles. The van der Waals surface area contributed by atoms with Crippen LogP contribution < -0.4 is 0 Å². The second-order valence-corrected chi connectivity index (χ2v) is 6.21. The molecule has 0 spiro atoms. The summed E-state index contributed by atoms with van der Waals surface area (Å²) in [5, 5.41) is 10.0. The molecule has 1 aliphatic heterocycles. The number of carbonyl (C=O) groups is 1. The highest BCUT2D eigenvalue weighted by Gasteiger charge is 2.52. The van der Waals surface area contributed by atoms with Gasteiger partial charge in [-0.05, 0) is 47.5 Å². The van der Waals surface area contributed by atoms with E-state index in [1.54, 1.807) is 6.92 Å². The molecule has 0 aromatic rings. The topological polar surface area (TPSA) is 46.5 Å². The Balaban J connectivity index is 2.94. The first-order chi connectivity index (χ1) is 7.02. The van der Waals surface area contributed by atoms with Gasteiger partial charge in [0.1, 0.15) is 5.60 Å². The Morgan fingerprint density at radius 3 is 2.25 bits per heavy atom. The molecule has 94 valence electrons. The SMILES string of the molecule is CCC(C)(O)C(=O)C1CC(C)(C)OC1(C)C. The summed E-state index contributed by atoms with van der Waals surface area (Å²) in [6.07, 6.45) is 1.12. The van der Waals surface area contributed by atoms with Crippen molar-refractivity contribution in [2.45, 2.75) is 71.2 Å². The van der Waals surface area contributed by atoms with Gasteiger partial charge in [-0.1, -0.05) is 6.92 Å². The Morgan fingerprint density at radius 1 is 1.44 bits per heavy atom. The fourth-order valence-corrected chi connectivity index (χ4v) is 2.52. The average Bonchev–Trinajstić information content (AvgIpc) is 2.32. The molecule has 0 bridgehead atoms. The maximum Gasteiger partial charge on any atom is 0.170 e. The van der Waals surface area contributed by atoms with Crippen LogP contribution in [0.5, 0.6) is 0 Å². The minimum absolute atomic E-state index is 0.0921. The summed E-state index contributed by atoms with van der Waals surface area (Å²) in [5.74, 6) is -0.317. The highest BCUT2D eigenvalue weighted by atomic mass is 16.5. The first-order valence-electron chi connectivity index (χ1n) is 5.99. The molecule has 1 N–H and O–H groups in total. The van der Waals surface area contributed by atoms with E-state index in [1.165, 1.54) is 0 Å². The maximum atomic E-state index is 12.3. The van der Waals surface area contributed by atoms with Gasteiger partial charge in [-0.2, -0.15) is 0 Å². The molecule has 1 rings (SSSR count). The van der Waals surface area contributed by atoms with E-state index in [-0.39, 0.29) is 17.3 Å². The van der Waals surface area contributed by atoms with E-state index in [1.807, 2.05) is 34.6 Å². The summed E-state index contributed by atoms with van der Waals surface area (Å²) < 4.78 is 5.88. The number of hydrogen-bond acceptors (Lipinski definition) is 3. The third-order valence-electron chi connectivity index (χ3n) is 3.61. The van der Waals surface area contributed by atoms with Crippen molar-refractivity contribution < 1.29 is 14.6 Å². The normalized spacial score (nSPS) is 31.1. The number of ketones is 1. The van der Waals surface area contributed by atoms with E-state index in [2.05, 4.69) is 0 Å². The van der Waals surface area contributed by atoms with Gasteiger partial charge in [-0.3, -0.25) is 4.79 Å². The monoisotopic (exact) mass is 228 g/mol. The molecule has 2 unspecified atom stereocenters. The van der Waals surface area contributed by atoms with Crippen LogP contribution in [-0.2, 0) is 9.53 Å². The predicted molar refractivity (Wildman–Crippen MR) is 63.3 cm³/mol. The van der Waals surface area contributed by atoms with E-state index in [9.17, 15) is 9.90 Å². The molecule has 1 aliphatic rings. The molecule has 0 amide bonds. The molecule has 16 heavy (non-hydrogen) atoms. The summed E-state index contributed by atoms with van der Waals surface area (Å²) in [6, 6.07) is 0. The van der Waals surface area contributed by atoms with E-state index in [0.717, 1.165) is 0 Å². The summed E-state index contributed by atoms with van der Waals surface area (Å²) in [4.78, 5) is 12.3. The van der Waals surface area contributed by atoms with Gasteiger partial charge >= 0.3 is 0 Å². The van der Waals surface area contributed by atoms with Crippen LogP contribution in [0.4, 0.5) is 0 Å². The van der Waals surface area contributed by atoms with Crippen molar-refractivity contribution in [1.82, 2.24) is 0 Å². The van der Waals surface area contributed by atoms with Gasteiger partial charge in [0.25, 0.3) is 0 Å². The van der Waals surface area contributed by atoms with Crippen molar-refractivity contribution in [2.24, 2.45) is 5.92 Å². The standard InChI is InChI=1S/C13H24O3/c1-7-13(6,15)10(14)9-8-11(2,3)16-12(9,4)5/h9,15H,7-8H2,1-6H3. The van der Waals surface area contributed by atoms with Gasteiger partial charge in [0.15, 0.2) is 5.78 Å². The Morgan fingerprint density at radius 2 is 1.94 bits per heavy atom. The molecule has 0 radical (unpaired) electrons. The molecule has 1 saturated heterocycles. The van der Waals surface area contributed by atoms with Crippen molar-refractivity contribution in [3.05, 3.63) is 0 Å². The van der Waals surface area contributed by atoms with Crippen molar-refractivity contribution in [1.29, 1.82) is 0 Å². The van der Waals surface area contributed by atoms with E-state index in [4.69, 9.17) is 4.74 Å². The van der Waals surface area contributed by atoms with Crippen LogP contribution in [0.15, 0.2) is 0 Å². The third-order valence-corrected chi connectivity index (χ3v) is 3.61. The van der Waals surface area contributed by atoms with Gasteiger partial charge < -0.3 is 9.84 Å². The number of carbonyl (C=O) groups excluding carboxylic acids is 1. The Bertz CT molecular complexity index is 290. The second-order valence-electron chi connectivity index (χ2n) is 6.21. The smallest absolute Gasteiger partial charge is 0.170 e. The molecule has 1 fully saturated rings. The quantitative estimate of drug-likeness (QED) is 0.806. The highest BCUT2D eigenvalue weighted by molar-refractivity contribution is 5.90. The number of ether oxygens (including phenoxy) is 1. The number of Topliss-reactive ketones (excluding diaryl/α,β-unsaturated/α-hetero) is 1. The number of aliphatic hydroxyl groups is 1. The Kier molecular flexibility index (Phi) is 3.25. The van der Waals surface area contributed by atoms with E-state index >= 15 is 0 Å². The first kappa shape index (κ1) is 13.7. The van der Waals surface area contributed by atoms with Crippen molar-refractivity contribution in [2.75, 3.05) is 0 Å². The summed E-state index contributed by atoms with van der Waals surface area (Å²) >= 11 is 0. The fraction of sp³-hybridized carbons (Fsp3) is 0.923. The van der Waals surface area contributed by atoms with Crippen LogP contribution in [0, 0.1) is 5.92 Å². The molecule has 3 heteroatoms. The van der Waals surface area contributed by atoms with E-state index < -0.39 is 11.2 Å². The van der Waals surface area contributed by atoms with Crippen LogP contribution in [0.3, 0.4) is 0 Å². The van der Waals surface area contributed by atoms with Gasteiger partial charge in [0.2, 0.25) is 0 Å². The molecule has 3 nitrogen and oxygen atoms in total. The molecule has 1 heterocycles. The zero-order valence-corrected chi connectivity index (χ0v) is 11.3. The fourth-order valence-electron chi connectivity index (χ4n) is 2.52. The lowest BCUT2D eigenvalue weighted by molar-refractivity contribution is -0.146. The van der Waals surface area contributed by atoms with Crippen molar-refractivity contribution >= 4 is 5.78 Å². The molecule has 2 atom stereocenters. The number of rotatable bonds is 3. The predicted octanol–water partition coefficient (Wildman–Crippen LogP) is 2.31. The molecule has 0 aromatic carbocycles. The van der Waals surface area contributed by atoms with Crippen LogP contribution in [0.2, 0.25) is 0 Å². The molecular formula is C13H24O3. The summed E-state index contributed by atoms with van der Waals surface area (Å²) in [7, 11) is 0. The second kappa shape index (κ2) is 3.81. The first-order valence-corrected chi connectivity index (χ1v) is 5.99. The zero-order valence-electron chi connectivity index (χ0n) is 11.3. The van der Waals surface area contributed by atoms with Crippen LogP contribution in [-0.4, -0.2) is 27.7 Å². The maximum absolute atomic E-state index is 12.3.